The Hall–Kier alpha value is -0.790. The van der Waals surface area contributed by atoms with Crippen molar-refractivity contribution in [3.63, 3.8) is 0 Å². The maximum absolute atomic E-state index is 9.65. The van der Waals surface area contributed by atoms with Crippen molar-refractivity contribution >= 4 is 18.3 Å². The van der Waals surface area contributed by atoms with Crippen molar-refractivity contribution in [3.05, 3.63) is 0 Å². The summed E-state index contributed by atoms with van der Waals surface area (Å²) in [5.74, 6) is -0.812. The summed E-state index contributed by atoms with van der Waals surface area (Å²) in [4.78, 5) is 27.6. The summed E-state index contributed by atoms with van der Waals surface area (Å²) >= 11 is 0. The van der Waals surface area contributed by atoms with Gasteiger partial charge in [-0.25, -0.2) is 9.59 Å². The van der Waals surface area contributed by atoms with Crippen molar-refractivity contribution in [2.24, 2.45) is 0 Å². The number of hydrogen-bond donors (Lipinski definition) is 3. The molecule has 66 valence electrons. The van der Waals surface area contributed by atoms with Gasteiger partial charge in [0.1, 0.15) is 0 Å². The molecule has 0 aliphatic heterocycles. The average molecular weight is 190 g/mol. The molecule has 0 saturated carbocycles. The fraction of sp³-hybridized carbons (Fsp3) is 0.250. The van der Waals surface area contributed by atoms with Crippen molar-refractivity contribution in [3.8, 4) is 0 Å². The van der Waals surface area contributed by atoms with E-state index >= 15 is 0 Å². The smallest absolute Gasteiger partial charge is 1.00 e. The molecule has 0 aromatic rings. The molecule has 0 amide bonds. The largest absolute Gasteiger partial charge is 1.00 e. The van der Waals surface area contributed by atoms with E-state index in [0.717, 1.165) is 6.92 Å². The van der Waals surface area contributed by atoms with Gasteiger partial charge in [-0.05, 0) is 0 Å². The van der Waals surface area contributed by atoms with E-state index in [1.54, 1.807) is 0 Å². The molecule has 0 rings (SSSR count). The maximum atomic E-state index is 9.65. The number of carboxylic acid groups (broad SMARTS) is 3. The van der Waals surface area contributed by atoms with Gasteiger partial charge in [-0.2, -0.15) is 0 Å². The van der Waals surface area contributed by atoms with E-state index in [0.29, 0.717) is 0 Å². The monoisotopic (exact) mass is 190 g/mol. The predicted molar refractivity (Wildman–Crippen MR) is 31.6 cm³/mol. The van der Waals surface area contributed by atoms with Crippen molar-refractivity contribution in [1.82, 2.24) is 0 Å². The molecule has 0 unspecified atom stereocenters. The molecule has 0 saturated heterocycles. The van der Waals surface area contributed by atoms with Crippen molar-refractivity contribution < 1.29 is 65.4 Å². The summed E-state index contributed by atoms with van der Waals surface area (Å²) in [5, 5.41) is 21.6. The third-order valence-electron chi connectivity index (χ3n) is 0.231. The molecule has 0 aliphatic carbocycles. The zero-order valence-corrected chi connectivity index (χ0v) is 8.47. The summed E-state index contributed by atoms with van der Waals surface area (Å²) in [6, 6.07) is 0. The van der Waals surface area contributed by atoms with Gasteiger partial charge in [0, 0.05) is 6.92 Å². The van der Waals surface area contributed by atoms with Gasteiger partial charge in [-0.3, -0.25) is 4.79 Å². The molecule has 0 bridgehead atoms. The number of carbonyl (C=O) groups is 3. The Labute approximate surface area is 90.7 Å². The minimum atomic E-state index is -1.83. The van der Waals surface area contributed by atoms with Gasteiger partial charge >= 0.3 is 47.8 Å². The van der Waals surface area contributed by atoms with Crippen LogP contribution in [-0.4, -0.2) is 33.6 Å². The minimum absolute atomic E-state index is 0. The summed E-state index contributed by atoms with van der Waals surface area (Å²) in [6.07, 6.45) is -3.40. The van der Waals surface area contributed by atoms with Crippen molar-refractivity contribution in [2.45, 2.75) is 6.92 Å². The van der Waals surface area contributed by atoms with Crippen molar-refractivity contribution in [1.29, 1.82) is 0 Å². The van der Waals surface area contributed by atoms with Crippen LogP contribution in [0.15, 0.2) is 0 Å². The first-order chi connectivity index (χ1) is 4.86. The number of ether oxygens (including phenoxy) is 1. The molecule has 0 aliphatic rings. The average Bonchev–Trinajstić information content (AvgIpc) is 1.56. The number of carbonyl (C=O) groups excluding carboxylic acids is 1. The van der Waals surface area contributed by atoms with Gasteiger partial charge in [0.2, 0.25) is 0 Å². The van der Waals surface area contributed by atoms with E-state index in [-0.39, 0.29) is 31.0 Å². The van der Waals surface area contributed by atoms with E-state index in [2.05, 4.69) is 4.74 Å². The molecule has 12 heavy (non-hydrogen) atoms. The number of hydrogen-bond acceptors (Lipinski definition) is 4. The summed E-state index contributed by atoms with van der Waals surface area (Å²) in [5.41, 5.74) is 0. The third kappa shape index (κ3) is 60.2. The van der Waals surface area contributed by atoms with Gasteiger partial charge in [0.15, 0.2) is 0 Å². The number of esters is 1. The quantitative estimate of drug-likeness (QED) is 0.220. The van der Waals surface area contributed by atoms with Gasteiger partial charge in [-0.15, -0.1) is 0 Å². The second kappa shape index (κ2) is 10.2. The van der Waals surface area contributed by atoms with Gasteiger partial charge in [-0.1, -0.05) is 0 Å². The first-order valence-corrected chi connectivity index (χ1v) is 2.19. The van der Waals surface area contributed by atoms with Gasteiger partial charge < -0.3 is 21.5 Å². The Morgan fingerprint density at radius 3 is 1.42 bits per heavy atom. The van der Waals surface area contributed by atoms with Crippen LogP contribution in [-0.2, 0) is 9.53 Å². The Morgan fingerprint density at radius 1 is 1.17 bits per heavy atom. The van der Waals surface area contributed by atoms with Crippen LogP contribution in [0.5, 0.6) is 0 Å². The van der Waals surface area contributed by atoms with Crippen LogP contribution in [0.1, 0.15) is 8.35 Å². The van der Waals surface area contributed by atoms with E-state index in [9.17, 15) is 9.59 Å². The molecule has 0 heterocycles. The van der Waals surface area contributed by atoms with Crippen LogP contribution >= 0.6 is 0 Å². The topological polar surface area (TPSA) is 121 Å². The fourth-order valence-electron chi connectivity index (χ4n) is 0.123. The minimum Gasteiger partial charge on any atom is -1.00 e. The van der Waals surface area contributed by atoms with Crippen LogP contribution in [0.25, 0.3) is 0 Å². The molecule has 0 spiro atoms. The van der Waals surface area contributed by atoms with Gasteiger partial charge in [0.05, 0.1) is 0 Å². The van der Waals surface area contributed by atoms with Crippen LogP contribution in [0.2, 0.25) is 0 Å². The van der Waals surface area contributed by atoms with Crippen LogP contribution in [0.4, 0.5) is 9.59 Å². The second-order valence-electron chi connectivity index (χ2n) is 1.14. The molecule has 0 aromatic carbocycles. The summed E-state index contributed by atoms with van der Waals surface area (Å²) in [7, 11) is 0. The van der Waals surface area contributed by atoms with Gasteiger partial charge in [0.25, 0.3) is 0 Å². The second-order valence-corrected chi connectivity index (χ2v) is 1.14. The molecular weight excluding hydrogens is 183 g/mol. The maximum Gasteiger partial charge on any atom is 1.00 e. The Bertz CT molecular complexity index is 154. The van der Waals surface area contributed by atoms with Crippen LogP contribution in [0, 0.1) is 0 Å². The normalized spacial score (nSPS) is 6.42. The molecule has 8 heteroatoms. The fourth-order valence-corrected chi connectivity index (χ4v) is 0.123. The predicted octanol–water partition coefficient (Wildman–Crippen LogP) is -2.43. The molecule has 0 atom stereocenters. The standard InChI is InChI=1S/C3H4O4.CH2O3.Na.H/c1-2(4)7-3(5)6;2-1(3)4;;/h1H3,(H,5,6);(H2,2,3,4);;/q;;+1;-1. The third-order valence-corrected chi connectivity index (χ3v) is 0.231. The van der Waals surface area contributed by atoms with E-state index < -0.39 is 18.3 Å². The summed E-state index contributed by atoms with van der Waals surface area (Å²) in [6.45, 7) is 1.02. The molecule has 7 nitrogen and oxygen atoms in total. The van der Waals surface area contributed by atoms with E-state index in [4.69, 9.17) is 20.1 Å². The molecule has 3 N–H and O–H groups in total. The van der Waals surface area contributed by atoms with E-state index in [1.807, 2.05) is 0 Å². The molecular formula is C4H7NaO7. The SMILES string of the molecule is CC(=O)OC(=O)O.O=C(O)O.[H-].[Na+]. The van der Waals surface area contributed by atoms with Crippen molar-refractivity contribution in [2.75, 3.05) is 0 Å². The summed E-state index contributed by atoms with van der Waals surface area (Å²) < 4.78 is 3.53. The zero-order valence-electron chi connectivity index (χ0n) is 7.47. The number of rotatable bonds is 0. The molecule has 0 aromatic heterocycles. The Kier molecular flexibility index (Phi) is 14.8. The first-order valence-electron chi connectivity index (χ1n) is 2.19. The van der Waals surface area contributed by atoms with Crippen LogP contribution in [0.3, 0.4) is 0 Å². The van der Waals surface area contributed by atoms with E-state index in [1.165, 1.54) is 0 Å². The zero-order chi connectivity index (χ0) is 9.44. The molecule has 0 fully saturated rings. The Morgan fingerprint density at radius 2 is 1.42 bits per heavy atom. The first kappa shape index (κ1) is 17.3. The Balaban J connectivity index is -0.0000000600. The molecule has 0 radical (unpaired) electrons. The van der Waals surface area contributed by atoms with Crippen LogP contribution < -0.4 is 29.6 Å².